The molecule has 2 aliphatic heterocycles. The van der Waals surface area contributed by atoms with E-state index in [0.29, 0.717) is 43.1 Å². The van der Waals surface area contributed by atoms with Gasteiger partial charge in [-0.15, -0.1) is 11.3 Å². The zero-order valence-electron chi connectivity index (χ0n) is 28.1. The Bertz CT molecular complexity index is 2220. The second-order valence-electron chi connectivity index (χ2n) is 12.4. The fraction of sp³-hybridized carbons (Fsp3) is 0.263. The summed E-state index contributed by atoms with van der Waals surface area (Å²) in [6, 6.07) is 5.95. The summed E-state index contributed by atoms with van der Waals surface area (Å²) in [4.78, 5) is 19.6. The Morgan fingerprint density at radius 2 is 2.06 bits per heavy atom. The number of aliphatic hydroxyl groups is 1. The van der Waals surface area contributed by atoms with Gasteiger partial charge in [0.15, 0.2) is 0 Å². The highest BCUT2D eigenvalue weighted by molar-refractivity contribution is 7.17. The standard InChI is InChI=1S/C38H36F2N6O4S/c1-4-34(48)45-22-26-19-31(43-46(26)21-23(45)2)27-9-15-50-33-18-25(39)17-29(40)35(33)36-37(27)42-30(28-11-16-51-38(28)36)8-7-24-20-41-44(3)32(24)10-14-49-13-6-5-12-47/h4-8,10-11,14,16-20,23,27,47H,1,9,12-13,15,21-22H2,2-3H3/b6-5+,8-7+,14-10+. The third kappa shape index (κ3) is 6.62. The second-order valence-corrected chi connectivity index (χ2v) is 13.3. The van der Waals surface area contributed by atoms with E-state index in [0.717, 1.165) is 38.8 Å². The number of thiophene rings is 1. The Morgan fingerprint density at radius 3 is 2.88 bits per heavy atom. The summed E-state index contributed by atoms with van der Waals surface area (Å²) in [5.41, 5.74) is 5.23. The summed E-state index contributed by atoms with van der Waals surface area (Å²) >= 11 is 1.45. The lowest BCUT2D eigenvalue weighted by Gasteiger charge is -2.33. The topological polar surface area (TPSA) is 108 Å². The molecule has 4 aromatic heterocycles. The number of hydrogen-bond acceptors (Lipinski definition) is 8. The Labute approximate surface area is 297 Å². The summed E-state index contributed by atoms with van der Waals surface area (Å²) in [5.74, 6) is -1.87. The van der Waals surface area contributed by atoms with Crippen LogP contribution in [-0.4, -0.2) is 66.3 Å². The van der Waals surface area contributed by atoms with Crippen LogP contribution in [0.4, 0.5) is 8.78 Å². The number of hydrogen-bond donors (Lipinski definition) is 1. The lowest BCUT2D eigenvalue weighted by atomic mass is 9.88. The van der Waals surface area contributed by atoms with E-state index in [9.17, 15) is 9.18 Å². The first-order valence-corrected chi connectivity index (χ1v) is 17.4. The first-order chi connectivity index (χ1) is 24.8. The van der Waals surface area contributed by atoms with Crippen molar-refractivity contribution in [1.29, 1.82) is 0 Å². The van der Waals surface area contributed by atoms with Gasteiger partial charge in [0.1, 0.15) is 24.0 Å². The Hall–Kier alpha value is -5.40. The van der Waals surface area contributed by atoms with Crippen molar-refractivity contribution >= 4 is 45.6 Å². The fourth-order valence-electron chi connectivity index (χ4n) is 6.66. The maximum atomic E-state index is 15.9. The number of aromatic nitrogens is 5. The molecule has 1 amide bonds. The summed E-state index contributed by atoms with van der Waals surface area (Å²) in [7, 11) is 1.84. The van der Waals surface area contributed by atoms with Crippen LogP contribution >= 0.6 is 11.3 Å². The van der Waals surface area contributed by atoms with Crippen molar-refractivity contribution in [2.75, 3.05) is 19.8 Å². The minimum absolute atomic E-state index is 0.0486. The lowest BCUT2D eigenvalue weighted by molar-refractivity contribution is -0.129. The number of amides is 1. The second kappa shape index (κ2) is 14.4. The van der Waals surface area contributed by atoms with Gasteiger partial charge in [0.2, 0.25) is 5.91 Å². The number of pyridine rings is 1. The van der Waals surface area contributed by atoms with Gasteiger partial charge in [0, 0.05) is 52.4 Å². The van der Waals surface area contributed by atoms with Gasteiger partial charge in [-0.2, -0.15) is 10.2 Å². The minimum atomic E-state index is -0.732. The molecular weight excluding hydrogens is 675 g/mol. The minimum Gasteiger partial charge on any atom is -0.497 e. The highest BCUT2D eigenvalue weighted by Gasteiger charge is 2.34. The van der Waals surface area contributed by atoms with Crippen LogP contribution in [-0.2, 0) is 29.7 Å². The molecule has 0 aliphatic carbocycles. The third-order valence-electron chi connectivity index (χ3n) is 9.15. The van der Waals surface area contributed by atoms with Crippen molar-refractivity contribution in [1.82, 2.24) is 29.4 Å². The van der Waals surface area contributed by atoms with Crippen molar-refractivity contribution in [3.8, 4) is 16.9 Å². The number of rotatable bonds is 9. The van der Waals surface area contributed by atoms with Crippen molar-refractivity contribution in [3.63, 3.8) is 0 Å². The fourth-order valence-corrected chi connectivity index (χ4v) is 7.63. The molecule has 0 spiro atoms. The SMILES string of the molecule is C=CC(=O)N1Cc2cc(C3CCOc4cc(F)cc(F)c4-c4c3nc(/C=C/c3cnn(C)c3/C=C/OC/C=C/CO)c3ccsc43)nn2CC1C. The molecule has 1 aromatic carbocycles. The normalized spacial score (nSPS) is 17.4. The van der Waals surface area contributed by atoms with Crippen molar-refractivity contribution < 1.29 is 28.2 Å². The molecular formula is C38H36F2N6O4S. The molecule has 2 aliphatic rings. The van der Waals surface area contributed by atoms with E-state index in [1.165, 1.54) is 23.5 Å². The molecule has 262 valence electrons. The van der Waals surface area contributed by atoms with E-state index in [2.05, 4.69) is 11.7 Å². The molecule has 0 saturated heterocycles. The predicted molar refractivity (Wildman–Crippen MR) is 193 cm³/mol. The third-order valence-corrected chi connectivity index (χ3v) is 10.1. The number of fused-ring (bicyclic) bond motifs is 6. The summed E-state index contributed by atoms with van der Waals surface area (Å²) in [6.07, 6.45) is 14.1. The van der Waals surface area contributed by atoms with Gasteiger partial charge in [-0.3, -0.25) is 19.1 Å². The monoisotopic (exact) mass is 710 g/mol. The van der Waals surface area contributed by atoms with Crippen LogP contribution in [0.2, 0.25) is 0 Å². The Morgan fingerprint density at radius 1 is 1.20 bits per heavy atom. The number of aryl methyl sites for hydroxylation is 1. The van der Waals surface area contributed by atoms with Gasteiger partial charge >= 0.3 is 0 Å². The summed E-state index contributed by atoms with van der Waals surface area (Å²) in [5, 5.41) is 21.1. The number of carbonyl (C=O) groups is 1. The maximum absolute atomic E-state index is 15.9. The van der Waals surface area contributed by atoms with Crippen LogP contribution in [0.1, 0.15) is 53.3 Å². The number of benzene rings is 1. The van der Waals surface area contributed by atoms with Gasteiger partial charge in [0.25, 0.3) is 0 Å². The molecule has 2 unspecified atom stereocenters. The Balaban J connectivity index is 1.35. The zero-order valence-corrected chi connectivity index (χ0v) is 28.9. The summed E-state index contributed by atoms with van der Waals surface area (Å²) in [6.45, 7) is 6.98. The molecule has 0 fully saturated rings. The molecule has 2 atom stereocenters. The Kier molecular flexibility index (Phi) is 9.65. The average Bonchev–Trinajstić information content (AvgIpc) is 3.84. The molecule has 0 radical (unpaired) electrons. The predicted octanol–water partition coefficient (Wildman–Crippen LogP) is 6.71. The van der Waals surface area contributed by atoms with E-state index >= 15 is 4.39 Å². The van der Waals surface area contributed by atoms with Gasteiger partial charge in [-0.1, -0.05) is 12.7 Å². The van der Waals surface area contributed by atoms with Crippen LogP contribution < -0.4 is 4.74 Å². The van der Waals surface area contributed by atoms with Gasteiger partial charge < -0.3 is 19.5 Å². The molecule has 1 N–H and O–H groups in total. The van der Waals surface area contributed by atoms with Crippen LogP contribution in [0.3, 0.4) is 0 Å². The first kappa shape index (κ1) is 34.1. The molecule has 5 aromatic rings. The molecule has 6 heterocycles. The van der Waals surface area contributed by atoms with Crippen molar-refractivity contribution in [3.05, 3.63) is 113 Å². The van der Waals surface area contributed by atoms with E-state index in [4.69, 9.17) is 24.7 Å². The van der Waals surface area contributed by atoms with Crippen LogP contribution in [0, 0.1) is 11.6 Å². The zero-order chi connectivity index (χ0) is 35.6. The molecule has 13 heteroatoms. The number of nitrogens with zero attached hydrogens (tertiary/aromatic N) is 6. The van der Waals surface area contributed by atoms with Gasteiger partial charge in [-0.05, 0) is 61.2 Å². The maximum Gasteiger partial charge on any atom is 0.246 e. The quantitative estimate of drug-likeness (QED) is 0.0785. The van der Waals surface area contributed by atoms with Crippen LogP contribution in [0.15, 0.2) is 66.9 Å². The molecule has 7 rings (SSSR count). The molecule has 51 heavy (non-hydrogen) atoms. The summed E-state index contributed by atoms with van der Waals surface area (Å²) < 4.78 is 46.5. The van der Waals surface area contributed by atoms with Crippen molar-refractivity contribution in [2.45, 2.75) is 38.4 Å². The van der Waals surface area contributed by atoms with E-state index in [1.54, 1.807) is 34.2 Å². The number of halogens is 2. The molecule has 0 bridgehead atoms. The largest absolute Gasteiger partial charge is 0.497 e. The highest BCUT2D eigenvalue weighted by atomic mass is 32.1. The number of carbonyl (C=O) groups excluding carboxylic acids is 1. The average molecular weight is 711 g/mol. The molecule has 0 saturated carbocycles. The smallest absolute Gasteiger partial charge is 0.246 e. The number of ether oxygens (including phenoxy) is 2. The van der Waals surface area contributed by atoms with E-state index in [-0.39, 0.29) is 36.5 Å². The van der Waals surface area contributed by atoms with E-state index < -0.39 is 17.6 Å². The lowest BCUT2D eigenvalue weighted by Crippen LogP contribution is -2.44. The van der Waals surface area contributed by atoms with Crippen LogP contribution in [0.25, 0.3) is 39.4 Å². The van der Waals surface area contributed by atoms with Crippen LogP contribution in [0.5, 0.6) is 5.75 Å². The van der Waals surface area contributed by atoms with Crippen molar-refractivity contribution in [2.24, 2.45) is 7.05 Å². The van der Waals surface area contributed by atoms with Gasteiger partial charge in [0.05, 0.1) is 72.8 Å². The first-order valence-electron chi connectivity index (χ1n) is 16.5. The number of aliphatic hydroxyl groups excluding tert-OH is 1. The highest BCUT2D eigenvalue weighted by Crippen LogP contribution is 2.47. The van der Waals surface area contributed by atoms with E-state index in [1.807, 2.05) is 54.4 Å². The van der Waals surface area contributed by atoms with Gasteiger partial charge in [-0.25, -0.2) is 8.78 Å². The molecule has 10 nitrogen and oxygen atoms in total.